The SMILES string of the molecule is CCCCCCCCC(C)CCCCOC(=O)/C=C\C(=O)OCCCCC(C)CCCCCCCC. The number of esters is 2. The fraction of sp³-hybridized carbons (Fsp3) is 0.875. The number of hydrogen-bond donors (Lipinski definition) is 0. The second-order valence-corrected chi connectivity index (χ2v) is 11.0. The van der Waals surface area contributed by atoms with Gasteiger partial charge in [-0.3, -0.25) is 0 Å². The summed E-state index contributed by atoms with van der Waals surface area (Å²) >= 11 is 0. The maximum atomic E-state index is 11.8. The van der Waals surface area contributed by atoms with Gasteiger partial charge < -0.3 is 9.47 Å². The van der Waals surface area contributed by atoms with Gasteiger partial charge in [-0.05, 0) is 37.5 Å². The van der Waals surface area contributed by atoms with E-state index in [9.17, 15) is 9.59 Å². The summed E-state index contributed by atoms with van der Waals surface area (Å²) < 4.78 is 10.4. The fourth-order valence-electron chi connectivity index (χ4n) is 4.60. The molecule has 0 aromatic carbocycles. The van der Waals surface area contributed by atoms with Gasteiger partial charge in [0.2, 0.25) is 0 Å². The number of carbonyl (C=O) groups is 2. The zero-order valence-electron chi connectivity index (χ0n) is 24.5. The predicted molar refractivity (Wildman–Crippen MR) is 153 cm³/mol. The second-order valence-electron chi connectivity index (χ2n) is 11.0. The molecular weight excluding hydrogens is 448 g/mol. The van der Waals surface area contributed by atoms with E-state index in [1.807, 2.05) is 0 Å². The van der Waals surface area contributed by atoms with Crippen LogP contribution in [-0.2, 0) is 19.1 Å². The Labute approximate surface area is 224 Å². The third kappa shape index (κ3) is 25.8. The molecule has 212 valence electrons. The summed E-state index contributed by atoms with van der Waals surface area (Å²) in [4.78, 5) is 23.6. The zero-order chi connectivity index (χ0) is 26.7. The van der Waals surface area contributed by atoms with Gasteiger partial charge in [0.05, 0.1) is 13.2 Å². The summed E-state index contributed by atoms with van der Waals surface area (Å²) in [6, 6.07) is 0. The smallest absolute Gasteiger partial charge is 0.331 e. The van der Waals surface area contributed by atoms with E-state index >= 15 is 0 Å². The van der Waals surface area contributed by atoms with E-state index in [2.05, 4.69) is 27.7 Å². The molecule has 0 radical (unpaired) electrons. The molecule has 0 bridgehead atoms. The van der Waals surface area contributed by atoms with E-state index in [-0.39, 0.29) is 0 Å². The molecule has 0 amide bonds. The second kappa shape index (κ2) is 26.7. The molecular formula is C32H60O4. The molecule has 2 unspecified atom stereocenters. The molecule has 0 fully saturated rings. The first kappa shape index (κ1) is 34.7. The van der Waals surface area contributed by atoms with E-state index in [0.29, 0.717) is 13.2 Å². The molecule has 36 heavy (non-hydrogen) atoms. The highest BCUT2D eigenvalue weighted by atomic mass is 16.5. The lowest BCUT2D eigenvalue weighted by atomic mass is 9.97. The highest BCUT2D eigenvalue weighted by Gasteiger charge is 2.05. The van der Waals surface area contributed by atoms with Gasteiger partial charge in [-0.1, -0.05) is 130 Å². The first-order valence-corrected chi connectivity index (χ1v) is 15.5. The van der Waals surface area contributed by atoms with Crippen molar-refractivity contribution in [2.45, 2.75) is 156 Å². The minimum absolute atomic E-state index is 0.416. The van der Waals surface area contributed by atoms with E-state index < -0.39 is 11.9 Å². The molecule has 0 spiro atoms. The lowest BCUT2D eigenvalue weighted by Gasteiger charge is -2.11. The topological polar surface area (TPSA) is 52.6 Å². The van der Waals surface area contributed by atoms with Crippen molar-refractivity contribution in [3.63, 3.8) is 0 Å². The number of carbonyl (C=O) groups excluding carboxylic acids is 2. The van der Waals surface area contributed by atoms with Crippen molar-refractivity contribution in [2.24, 2.45) is 11.8 Å². The van der Waals surface area contributed by atoms with Gasteiger partial charge in [-0.15, -0.1) is 0 Å². The Morgan fingerprint density at radius 2 is 0.806 bits per heavy atom. The highest BCUT2D eigenvalue weighted by Crippen LogP contribution is 2.18. The molecule has 4 heteroatoms. The monoisotopic (exact) mass is 508 g/mol. The minimum atomic E-state index is -0.462. The summed E-state index contributed by atoms with van der Waals surface area (Å²) in [5.74, 6) is 0.557. The third-order valence-electron chi connectivity index (χ3n) is 7.13. The predicted octanol–water partition coefficient (Wildman–Crippen LogP) is 9.74. The molecule has 0 aliphatic rings. The van der Waals surface area contributed by atoms with Crippen molar-refractivity contribution in [3.8, 4) is 0 Å². The molecule has 0 aliphatic heterocycles. The molecule has 0 N–H and O–H groups in total. The van der Waals surface area contributed by atoms with Crippen LogP contribution in [0.5, 0.6) is 0 Å². The lowest BCUT2D eigenvalue weighted by molar-refractivity contribution is -0.140. The summed E-state index contributed by atoms with van der Waals surface area (Å²) in [5, 5.41) is 0. The molecule has 0 aromatic rings. The van der Waals surface area contributed by atoms with E-state index in [1.54, 1.807) is 0 Å². The van der Waals surface area contributed by atoms with Gasteiger partial charge in [-0.2, -0.15) is 0 Å². The van der Waals surface area contributed by atoms with Gasteiger partial charge in [0.15, 0.2) is 0 Å². The largest absolute Gasteiger partial charge is 0.463 e. The molecule has 0 saturated heterocycles. The Balaban J connectivity index is 3.58. The van der Waals surface area contributed by atoms with Crippen LogP contribution in [0.2, 0.25) is 0 Å². The van der Waals surface area contributed by atoms with Gasteiger partial charge in [-0.25, -0.2) is 9.59 Å². The van der Waals surface area contributed by atoms with Crippen molar-refractivity contribution in [1.29, 1.82) is 0 Å². The minimum Gasteiger partial charge on any atom is -0.463 e. The molecule has 0 heterocycles. The Hall–Kier alpha value is -1.32. The van der Waals surface area contributed by atoms with Crippen LogP contribution in [-0.4, -0.2) is 25.2 Å². The Morgan fingerprint density at radius 3 is 1.17 bits per heavy atom. The maximum Gasteiger partial charge on any atom is 0.331 e. The fourth-order valence-corrected chi connectivity index (χ4v) is 4.60. The Bertz CT molecular complexity index is 482. The van der Waals surface area contributed by atoms with Gasteiger partial charge >= 0.3 is 11.9 Å². The van der Waals surface area contributed by atoms with Crippen LogP contribution in [0.25, 0.3) is 0 Å². The molecule has 0 saturated carbocycles. The van der Waals surface area contributed by atoms with Crippen LogP contribution in [0.3, 0.4) is 0 Å². The quantitative estimate of drug-likeness (QED) is 0.0662. The number of hydrogen-bond acceptors (Lipinski definition) is 4. The summed E-state index contributed by atoms with van der Waals surface area (Å²) in [6.45, 7) is 9.99. The van der Waals surface area contributed by atoms with Gasteiger partial charge in [0.1, 0.15) is 0 Å². The zero-order valence-corrected chi connectivity index (χ0v) is 24.5. The van der Waals surface area contributed by atoms with Gasteiger partial charge in [0, 0.05) is 12.2 Å². The molecule has 2 atom stereocenters. The highest BCUT2D eigenvalue weighted by molar-refractivity contribution is 5.91. The average Bonchev–Trinajstić information content (AvgIpc) is 2.86. The molecule has 0 aromatic heterocycles. The normalized spacial score (nSPS) is 13.1. The third-order valence-corrected chi connectivity index (χ3v) is 7.13. The van der Waals surface area contributed by atoms with Crippen LogP contribution in [0.1, 0.15) is 156 Å². The van der Waals surface area contributed by atoms with Crippen molar-refractivity contribution in [1.82, 2.24) is 0 Å². The van der Waals surface area contributed by atoms with E-state index in [0.717, 1.165) is 37.5 Å². The van der Waals surface area contributed by atoms with Crippen molar-refractivity contribution < 1.29 is 19.1 Å². The average molecular weight is 509 g/mol. The van der Waals surface area contributed by atoms with Crippen LogP contribution >= 0.6 is 0 Å². The molecule has 0 aliphatic carbocycles. The summed E-state index contributed by atoms with van der Waals surface area (Å²) in [7, 11) is 0. The van der Waals surface area contributed by atoms with Crippen LogP contribution < -0.4 is 0 Å². The first-order chi connectivity index (χ1) is 17.5. The first-order valence-electron chi connectivity index (χ1n) is 15.5. The van der Waals surface area contributed by atoms with Crippen molar-refractivity contribution in [2.75, 3.05) is 13.2 Å². The van der Waals surface area contributed by atoms with Gasteiger partial charge in [0.25, 0.3) is 0 Å². The maximum absolute atomic E-state index is 11.8. The van der Waals surface area contributed by atoms with Crippen LogP contribution in [0, 0.1) is 11.8 Å². The van der Waals surface area contributed by atoms with E-state index in [4.69, 9.17) is 9.47 Å². The standard InChI is InChI=1S/C32H60O4/c1-5-7-9-11-13-15-21-29(3)23-17-19-27-35-31(33)25-26-32(34)36-28-20-18-24-30(4)22-16-14-12-10-8-6-2/h25-26,29-30H,5-24,27-28H2,1-4H3/b26-25-. The van der Waals surface area contributed by atoms with Crippen LogP contribution in [0.4, 0.5) is 0 Å². The van der Waals surface area contributed by atoms with Crippen LogP contribution in [0.15, 0.2) is 12.2 Å². The summed E-state index contributed by atoms with van der Waals surface area (Å²) in [5.41, 5.74) is 0. The van der Waals surface area contributed by atoms with E-state index in [1.165, 1.54) is 115 Å². The molecule has 4 nitrogen and oxygen atoms in total. The Kier molecular flexibility index (Phi) is 25.8. The molecule has 0 rings (SSSR count). The number of rotatable bonds is 26. The Morgan fingerprint density at radius 1 is 0.500 bits per heavy atom. The lowest BCUT2D eigenvalue weighted by Crippen LogP contribution is -2.06. The number of ether oxygens (including phenoxy) is 2. The number of unbranched alkanes of at least 4 members (excludes halogenated alkanes) is 12. The van der Waals surface area contributed by atoms with Crippen molar-refractivity contribution >= 4 is 11.9 Å². The van der Waals surface area contributed by atoms with Crippen molar-refractivity contribution in [3.05, 3.63) is 12.2 Å². The summed E-state index contributed by atoms with van der Waals surface area (Å²) in [6.07, 6.45) is 27.5.